The number of hydrogen-bond donors (Lipinski definition) is 1. The molecule has 1 nitrogen and oxygen atoms in total. The van der Waals surface area contributed by atoms with E-state index in [1.807, 2.05) is 13.0 Å². The average molecular weight is 333 g/mol. The first kappa shape index (κ1) is 15.4. The molecule has 0 heterocycles. The van der Waals surface area contributed by atoms with Gasteiger partial charge in [0.25, 0.3) is 0 Å². The second-order valence-electron chi connectivity index (χ2n) is 4.40. The van der Waals surface area contributed by atoms with Gasteiger partial charge in [0, 0.05) is 15.7 Å². The Morgan fingerprint density at radius 1 is 1.05 bits per heavy atom. The van der Waals surface area contributed by atoms with Gasteiger partial charge in [-0.05, 0) is 42.3 Å². The van der Waals surface area contributed by atoms with Gasteiger partial charge in [0.05, 0.1) is 11.1 Å². The zero-order chi connectivity index (χ0) is 14.7. The summed E-state index contributed by atoms with van der Waals surface area (Å²) in [4.78, 5) is 0. The Kier molecular flexibility index (Phi) is 5.14. The third-order valence-corrected chi connectivity index (χ3v) is 3.86. The predicted molar refractivity (Wildman–Crippen MR) is 84.5 cm³/mol. The number of hydrogen-bond acceptors (Lipinski definition) is 1. The van der Waals surface area contributed by atoms with Crippen molar-refractivity contribution in [1.29, 1.82) is 0 Å². The molecule has 5 heteroatoms. The van der Waals surface area contributed by atoms with E-state index in [0.717, 1.165) is 17.7 Å². The molecule has 0 fully saturated rings. The number of benzene rings is 2. The van der Waals surface area contributed by atoms with Gasteiger partial charge in [-0.3, -0.25) is 0 Å². The van der Waals surface area contributed by atoms with Crippen molar-refractivity contribution in [2.24, 2.45) is 0 Å². The maximum absolute atomic E-state index is 13.2. The Hall–Kier alpha value is -0.960. The summed E-state index contributed by atoms with van der Waals surface area (Å²) in [5, 5.41) is 4.58. The molecule has 0 radical (unpaired) electrons. The SMILES string of the molecule is CCC(Nc1ccc(F)c(Cl)c1)c1ccc(Cl)cc1Cl. The molecule has 0 spiro atoms. The molecule has 1 unspecified atom stereocenters. The van der Waals surface area contributed by atoms with Gasteiger partial charge in [0.2, 0.25) is 0 Å². The van der Waals surface area contributed by atoms with Crippen molar-refractivity contribution in [1.82, 2.24) is 0 Å². The maximum atomic E-state index is 13.2. The molecule has 0 aromatic heterocycles. The topological polar surface area (TPSA) is 12.0 Å². The minimum absolute atomic E-state index is 0.00120. The lowest BCUT2D eigenvalue weighted by Crippen LogP contribution is -2.10. The highest BCUT2D eigenvalue weighted by atomic mass is 35.5. The van der Waals surface area contributed by atoms with Crippen LogP contribution in [0.25, 0.3) is 0 Å². The lowest BCUT2D eigenvalue weighted by Gasteiger charge is -2.20. The molecule has 2 rings (SSSR count). The Balaban J connectivity index is 2.26. The first-order valence-corrected chi connectivity index (χ1v) is 7.31. The summed E-state index contributed by atoms with van der Waals surface area (Å²) >= 11 is 17.9. The van der Waals surface area contributed by atoms with Gasteiger partial charge in [-0.25, -0.2) is 4.39 Å². The van der Waals surface area contributed by atoms with Gasteiger partial charge in [-0.15, -0.1) is 0 Å². The monoisotopic (exact) mass is 331 g/mol. The van der Waals surface area contributed by atoms with Crippen molar-refractivity contribution < 1.29 is 4.39 Å². The lowest BCUT2D eigenvalue weighted by atomic mass is 10.0. The number of halogens is 4. The van der Waals surface area contributed by atoms with Crippen LogP contribution in [0.5, 0.6) is 0 Å². The summed E-state index contributed by atoms with van der Waals surface area (Å²) < 4.78 is 13.2. The fourth-order valence-corrected chi connectivity index (χ4v) is 2.69. The van der Waals surface area contributed by atoms with Crippen LogP contribution in [0.3, 0.4) is 0 Å². The molecule has 1 N–H and O–H groups in total. The molecule has 0 amide bonds. The van der Waals surface area contributed by atoms with E-state index in [1.54, 1.807) is 24.3 Å². The van der Waals surface area contributed by atoms with Crippen LogP contribution in [-0.4, -0.2) is 0 Å². The Morgan fingerprint density at radius 3 is 2.40 bits per heavy atom. The third kappa shape index (κ3) is 3.57. The molecule has 0 saturated heterocycles. The summed E-state index contributed by atoms with van der Waals surface area (Å²) in [5.41, 5.74) is 1.69. The zero-order valence-electron chi connectivity index (χ0n) is 10.8. The van der Waals surface area contributed by atoms with E-state index in [0.29, 0.717) is 10.0 Å². The minimum Gasteiger partial charge on any atom is -0.378 e. The number of anilines is 1. The summed E-state index contributed by atoms with van der Waals surface area (Å²) in [6.45, 7) is 2.04. The first-order valence-electron chi connectivity index (χ1n) is 6.17. The van der Waals surface area contributed by atoms with Crippen molar-refractivity contribution in [2.45, 2.75) is 19.4 Å². The fraction of sp³-hybridized carbons (Fsp3) is 0.200. The van der Waals surface area contributed by atoms with E-state index in [-0.39, 0.29) is 11.1 Å². The summed E-state index contributed by atoms with van der Waals surface area (Å²) in [7, 11) is 0. The van der Waals surface area contributed by atoms with E-state index < -0.39 is 5.82 Å². The second kappa shape index (κ2) is 6.66. The highest BCUT2D eigenvalue weighted by Crippen LogP contribution is 2.31. The van der Waals surface area contributed by atoms with Gasteiger partial charge in [0.15, 0.2) is 0 Å². The fourth-order valence-electron chi connectivity index (χ4n) is 1.97. The zero-order valence-corrected chi connectivity index (χ0v) is 13.0. The second-order valence-corrected chi connectivity index (χ2v) is 5.65. The van der Waals surface area contributed by atoms with Gasteiger partial charge in [-0.2, -0.15) is 0 Å². The van der Waals surface area contributed by atoms with Crippen LogP contribution in [0, 0.1) is 5.82 Å². The molecule has 0 aliphatic rings. The standard InChI is InChI=1S/C15H13Cl3FN/c1-2-15(11-5-3-9(16)7-12(11)17)20-10-4-6-14(19)13(18)8-10/h3-8,15,20H,2H2,1H3. The molecule has 0 bridgehead atoms. The summed E-state index contributed by atoms with van der Waals surface area (Å²) in [6.07, 6.45) is 0.816. The van der Waals surface area contributed by atoms with Crippen LogP contribution in [0.1, 0.15) is 24.9 Å². The molecular formula is C15H13Cl3FN. The highest BCUT2D eigenvalue weighted by Gasteiger charge is 2.13. The average Bonchev–Trinajstić information content (AvgIpc) is 2.41. The molecule has 0 aliphatic heterocycles. The predicted octanol–water partition coefficient (Wildman–Crippen LogP) is 6.35. The van der Waals surface area contributed by atoms with Crippen molar-refractivity contribution in [3.8, 4) is 0 Å². The number of nitrogens with one attached hydrogen (secondary N) is 1. The Labute approximate surface area is 132 Å². The molecule has 2 aromatic rings. The van der Waals surface area contributed by atoms with Crippen molar-refractivity contribution in [3.05, 3.63) is 62.8 Å². The normalized spacial score (nSPS) is 12.2. The van der Waals surface area contributed by atoms with E-state index in [2.05, 4.69) is 5.32 Å². The highest BCUT2D eigenvalue weighted by molar-refractivity contribution is 6.35. The van der Waals surface area contributed by atoms with E-state index in [1.165, 1.54) is 6.07 Å². The smallest absolute Gasteiger partial charge is 0.141 e. The van der Waals surface area contributed by atoms with E-state index in [4.69, 9.17) is 34.8 Å². The van der Waals surface area contributed by atoms with Crippen LogP contribution < -0.4 is 5.32 Å². The largest absolute Gasteiger partial charge is 0.378 e. The summed E-state index contributed by atoms with van der Waals surface area (Å²) in [6, 6.07) is 9.93. The van der Waals surface area contributed by atoms with Crippen LogP contribution in [0.4, 0.5) is 10.1 Å². The molecular weight excluding hydrogens is 320 g/mol. The van der Waals surface area contributed by atoms with Crippen LogP contribution in [-0.2, 0) is 0 Å². The molecule has 0 saturated carbocycles. The molecule has 1 atom stereocenters. The lowest BCUT2D eigenvalue weighted by molar-refractivity contribution is 0.628. The van der Waals surface area contributed by atoms with Gasteiger partial charge >= 0.3 is 0 Å². The molecule has 0 aliphatic carbocycles. The van der Waals surface area contributed by atoms with Crippen LogP contribution >= 0.6 is 34.8 Å². The maximum Gasteiger partial charge on any atom is 0.141 e. The molecule has 20 heavy (non-hydrogen) atoms. The van der Waals surface area contributed by atoms with Gasteiger partial charge in [-0.1, -0.05) is 47.8 Å². The first-order chi connectivity index (χ1) is 9.51. The summed E-state index contributed by atoms with van der Waals surface area (Å²) in [5.74, 6) is -0.435. The third-order valence-electron chi connectivity index (χ3n) is 3.01. The van der Waals surface area contributed by atoms with Gasteiger partial charge in [0.1, 0.15) is 5.82 Å². The minimum atomic E-state index is -0.435. The molecule has 106 valence electrons. The van der Waals surface area contributed by atoms with Crippen LogP contribution in [0.15, 0.2) is 36.4 Å². The number of rotatable bonds is 4. The van der Waals surface area contributed by atoms with Crippen molar-refractivity contribution in [2.75, 3.05) is 5.32 Å². The van der Waals surface area contributed by atoms with Crippen molar-refractivity contribution in [3.63, 3.8) is 0 Å². The van der Waals surface area contributed by atoms with Crippen LogP contribution in [0.2, 0.25) is 15.1 Å². The van der Waals surface area contributed by atoms with Crippen molar-refractivity contribution >= 4 is 40.5 Å². The van der Waals surface area contributed by atoms with E-state index >= 15 is 0 Å². The molecule has 2 aromatic carbocycles. The Morgan fingerprint density at radius 2 is 1.80 bits per heavy atom. The van der Waals surface area contributed by atoms with Gasteiger partial charge < -0.3 is 5.32 Å². The quantitative estimate of drug-likeness (QED) is 0.688. The van der Waals surface area contributed by atoms with E-state index in [9.17, 15) is 4.39 Å². The Bertz CT molecular complexity index is 616.